The zero-order chi connectivity index (χ0) is 25.9. The van der Waals surface area contributed by atoms with Gasteiger partial charge >= 0.3 is 0 Å². The van der Waals surface area contributed by atoms with Crippen molar-refractivity contribution in [2.75, 3.05) is 27.2 Å². The minimum absolute atomic E-state index is 0.0770. The van der Waals surface area contributed by atoms with Crippen LogP contribution in [0.1, 0.15) is 36.8 Å². The molecule has 2 saturated carbocycles. The summed E-state index contributed by atoms with van der Waals surface area (Å²) in [5, 5.41) is 15.2. The van der Waals surface area contributed by atoms with E-state index in [0.717, 1.165) is 36.0 Å². The predicted octanol–water partition coefficient (Wildman–Crippen LogP) is 4.75. The monoisotopic (exact) mass is 499 g/mol. The van der Waals surface area contributed by atoms with Gasteiger partial charge in [-0.15, -0.1) is 0 Å². The van der Waals surface area contributed by atoms with Crippen molar-refractivity contribution in [3.63, 3.8) is 0 Å². The van der Waals surface area contributed by atoms with Gasteiger partial charge < -0.3 is 19.6 Å². The fourth-order valence-corrected chi connectivity index (χ4v) is 6.94. The number of rotatable bonds is 10. The van der Waals surface area contributed by atoms with Gasteiger partial charge in [-0.05, 0) is 42.5 Å². The summed E-state index contributed by atoms with van der Waals surface area (Å²) in [6.45, 7) is 1.73. The number of carbonyl (C=O) groups excluding carboxylic acids is 1. The number of hydrogen-bond acceptors (Lipinski definition) is 3. The number of nitrogens with zero attached hydrogens (tertiary/aromatic N) is 1. The Morgan fingerprint density at radius 1 is 0.919 bits per heavy atom. The first-order chi connectivity index (χ1) is 17.9. The highest BCUT2D eigenvalue weighted by atomic mass is 16.5. The molecule has 3 aromatic rings. The van der Waals surface area contributed by atoms with Gasteiger partial charge in [0.15, 0.2) is 5.60 Å². The Labute approximate surface area is 220 Å². The molecule has 1 unspecified atom stereocenters. The normalized spacial score (nSPS) is 23.1. The molecule has 37 heavy (non-hydrogen) atoms. The maximum absolute atomic E-state index is 13.8. The number of ether oxygens (including phenoxy) is 1. The van der Waals surface area contributed by atoms with Crippen molar-refractivity contribution >= 4 is 5.91 Å². The fraction of sp³-hybridized carbons (Fsp3) is 0.406. The van der Waals surface area contributed by atoms with Crippen molar-refractivity contribution < 1.29 is 19.1 Å². The van der Waals surface area contributed by atoms with E-state index in [0.29, 0.717) is 35.6 Å². The van der Waals surface area contributed by atoms with Crippen LogP contribution < -0.4 is 10.1 Å². The van der Waals surface area contributed by atoms with Crippen LogP contribution in [0, 0.1) is 11.8 Å². The number of carbonyl (C=O) groups is 1. The van der Waals surface area contributed by atoms with Crippen molar-refractivity contribution in [2.45, 2.75) is 43.4 Å². The molecule has 4 atom stereocenters. The average molecular weight is 500 g/mol. The molecule has 0 saturated heterocycles. The van der Waals surface area contributed by atoms with Crippen LogP contribution in [0.5, 0.6) is 5.75 Å². The van der Waals surface area contributed by atoms with Crippen LogP contribution in [0.2, 0.25) is 0 Å². The minimum Gasteiger partial charge on any atom is -0.493 e. The Balaban J connectivity index is 1.26. The third-order valence-electron chi connectivity index (χ3n) is 8.59. The van der Waals surface area contributed by atoms with Crippen molar-refractivity contribution in [1.29, 1.82) is 0 Å². The Morgan fingerprint density at radius 3 is 2.08 bits per heavy atom. The standard InChI is InChI=1S/C32H38N2O3/c1-34(2,21-12-22-37-27-17-10-5-11-18-27)30-24-19-20-28(30)29(23-24)33-31(35)32(36,25-13-6-3-7-14-25)26-15-8-4-9-16-26/h3-11,13-18,24,28-30,36H,12,19-23H2,1-2H3/p+1/t24-,28+,29+,30?/m0/s1. The first-order valence-electron chi connectivity index (χ1n) is 13.5. The first-order valence-corrected chi connectivity index (χ1v) is 13.5. The molecular weight excluding hydrogens is 460 g/mol. The summed E-state index contributed by atoms with van der Waals surface area (Å²) < 4.78 is 6.87. The highest BCUT2D eigenvalue weighted by molar-refractivity contribution is 5.90. The summed E-state index contributed by atoms with van der Waals surface area (Å²) >= 11 is 0. The Kier molecular flexibility index (Phi) is 7.36. The van der Waals surface area contributed by atoms with E-state index >= 15 is 0 Å². The number of amides is 1. The molecule has 1 amide bonds. The lowest BCUT2D eigenvalue weighted by Crippen LogP contribution is -2.55. The number of aliphatic hydroxyl groups is 1. The SMILES string of the molecule is C[N+](C)(CCCOc1ccccc1)C1[C@H]2CC[C@@H]1[C@H](NC(=O)C(O)(c1ccccc1)c1ccccc1)C2. The van der Waals surface area contributed by atoms with E-state index in [1.807, 2.05) is 91.0 Å². The van der Waals surface area contributed by atoms with Crippen molar-refractivity contribution in [3.8, 4) is 5.75 Å². The second-order valence-corrected chi connectivity index (χ2v) is 11.3. The lowest BCUT2D eigenvalue weighted by Gasteiger charge is -2.39. The van der Waals surface area contributed by atoms with E-state index in [4.69, 9.17) is 4.74 Å². The molecule has 2 aliphatic rings. The van der Waals surface area contributed by atoms with Gasteiger partial charge in [0.05, 0.1) is 33.3 Å². The molecule has 2 fully saturated rings. The summed E-state index contributed by atoms with van der Waals surface area (Å²) in [6.07, 6.45) is 4.29. The van der Waals surface area contributed by atoms with E-state index in [1.54, 1.807) is 0 Å². The number of para-hydroxylation sites is 1. The average Bonchev–Trinajstić information content (AvgIpc) is 3.51. The van der Waals surface area contributed by atoms with Gasteiger partial charge in [-0.1, -0.05) is 78.9 Å². The van der Waals surface area contributed by atoms with E-state index in [2.05, 4.69) is 19.4 Å². The van der Waals surface area contributed by atoms with Crippen molar-refractivity contribution in [3.05, 3.63) is 102 Å². The third kappa shape index (κ3) is 5.16. The molecule has 5 heteroatoms. The quantitative estimate of drug-likeness (QED) is 0.313. The van der Waals surface area contributed by atoms with E-state index < -0.39 is 5.60 Å². The van der Waals surface area contributed by atoms with E-state index in [1.165, 1.54) is 6.42 Å². The van der Waals surface area contributed by atoms with E-state index in [9.17, 15) is 9.90 Å². The first kappa shape index (κ1) is 25.5. The van der Waals surface area contributed by atoms with Crippen LogP contribution in [-0.2, 0) is 10.4 Å². The summed E-state index contributed by atoms with van der Waals surface area (Å²) in [5.74, 6) is 1.58. The van der Waals surface area contributed by atoms with Crippen molar-refractivity contribution in [2.24, 2.45) is 11.8 Å². The summed E-state index contributed by atoms with van der Waals surface area (Å²) in [4.78, 5) is 13.8. The number of quaternary nitrogens is 1. The second-order valence-electron chi connectivity index (χ2n) is 11.3. The molecule has 0 spiro atoms. The third-order valence-corrected chi connectivity index (χ3v) is 8.59. The summed E-state index contributed by atoms with van der Waals surface area (Å²) in [6, 6.07) is 29.1. The Bertz CT molecular complexity index is 1130. The van der Waals surface area contributed by atoms with Gasteiger partial charge in [0, 0.05) is 24.3 Å². The van der Waals surface area contributed by atoms with E-state index in [-0.39, 0.29) is 11.9 Å². The molecule has 3 aromatic carbocycles. The number of benzene rings is 3. The zero-order valence-electron chi connectivity index (χ0n) is 21.9. The molecule has 2 N–H and O–H groups in total. The molecule has 5 nitrogen and oxygen atoms in total. The van der Waals surface area contributed by atoms with Gasteiger partial charge in [-0.2, -0.15) is 0 Å². The molecule has 0 radical (unpaired) electrons. The highest BCUT2D eigenvalue weighted by Gasteiger charge is 2.56. The van der Waals surface area contributed by atoms with Crippen LogP contribution >= 0.6 is 0 Å². The van der Waals surface area contributed by atoms with Crippen molar-refractivity contribution in [1.82, 2.24) is 5.32 Å². The lowest BCUT2D eigenvalue weighted by atomic mass is 9.84. The molecule has 2 bridgehead atoms. The topological polar surface area (TPSA) is 58.6 Å². The zero-order valence-corrected chi connectivity index (χ0v) is 21.9. The maximum Gasteiger partial charge on any atom is 0.261 e. The lowest BCUT2D eigenvalue weighted by molar-refractivity contribution is -0.919. The largest absolute Gasteiger partial charge is 0.493 e. The fourth-order valence-electron chi connectivity index (χ4n) is 6.94. The van der Waals surface area contributed by atoms with Crippen LogP contribution in [-0.4, -0.2) is 54.8 Å². The van der Waals surface area contributed by atoms with Crippen LogP contribution in [0.3, 0.4) is 0 Å². The molecule has 2 aliphatic carbocycles. The summed E-state index contributed by atoms with van der Waals surface area (Å²) in [7, 11) is 4.65. The number of fused-ring (bicyclic) bond motifs is 2. The molecule has 0 heterocycles. The Hall–Kier alpha value is -3.15. The maximum atomic E-state index is 13.8. The predicted molar refractivity (Wildman–Crippen MR) is 146 cm³/mol. The molecule has 0 aliphatic heterocycles. The minimum atomic E-state index is -1.72. The van der Waals surface area contributed by atoms with Gasteiger partial charge in [-0.3, -0.25) is 4.79 Å². The second kappa shape index (κ2) is 10.7. The summed E-state index contributed by atoms with van der Waals surface area (Å²) in [5.41, 5.74) is -0.542. The molecule has 0 aromatic heterocycles. The Morgan fingerprint density at radius 2 is 1.49 bits per heavy atom. The van der Waals surface area contributed by atoms with Gasteiger partial charge in [0.25, 0.3) is 5.91 Å². The van der Waals surface area contributed by atoms with Crippen LogP contribution in [0.4, 0.5) is 0 Å². The smallest absolute Gasteiger partial charge is 0.261 e. The van der Waals surface area contributed by atoms with Gasteiger partial charge in [-0.25, -0.2) is 0 Å². The highest BCUT2D eigenvalue weighted by Crippen LogP contribution is 2.49. The molecule has 194 valence electrons. The number of nitrogens with one attached hydrogen (secondary N) is 1. The van der Waals surface area contributed by atoms with Gasteiger partial charge in [0.2, 0.25) is 0 Å². The number of hydrogen-bond donors (Lipinski definition) is 2. The molecular formula is C32H39N2O3+. The van der Waals surface area contributed by atoms with Crippen LogP contribution in [0.25, 0.3) is 0 Å². The van der Waals surface area contributed by atoms with Gasteiger partial charge in [0.1, 0.15) is 5.75 Å². The molecule has 5 rings (SSSR count). The van der Waals surface area contributed by atoms with Crippen LogP contribution in [0.15, 0.2) is 91.0 Å².